The van der Waals surface area contributed by atoms with Gasteiger partial charge in [0.05, 0.1) is 0 Å². The minimum atomic E-state index is 0.542. The Bertz CT molecular complexity index is 203. The van der Waals surface area contributed by atoms with Crippen LogP contribution < -0.4 is 5.46 Å². The molecule has 2 heteroatoms. The van der Waals surface area contributed by atoms with E-state index in [0.717, 1.165) is 0 Å². The summed E-state index contributed by atoms with van der Waals surface area (Å²) in [5, 5.41) is 0. The maximum absolute atomic E-state index is 4.28. The van der Waals surface area contributed by atoms with Crippen LogP contribution in [0.1, 0.15) is 25.5 Å². The molecule has 52 valence electrons. The molecule has 0 saturated carbocycles. The van der Waals surface area contributed by atoms with Crippen molar-refractivity contribution in [3.8, 4) is 0 Å². The Morgan fingerprint density at radius 2 is 2.10 bits per heavy atom. The molecule has 0 radical (unpaired) electrons. The van der Waals surface area contributed by atoms with Gasteiger partial charge in [0.15, 0.2) is 0 Å². The molecule has 1 nitrogen and oxygen atoms in total. The molecule has 0 fully saturated rings. The fraction of sp³-hybridized carbons (Fsp3) is 0.375. The molecule has 1 aromatic heterocycles. The van der Waals surface area contributed by atoms with Crippen LogP contribution in [0.25, 0.3) is 0 Å². The molecule has 0 aliphatic rings. The lowest BCUT2D eigenvalue weighted by Gasteiger charge is -2.02. The molecule has 0 aromatic carbocycles. The lowest BCUT2D eigenvalue weighted by molar-refractivity contribution is 0.824. The van der Waals surface area contributed by atoms with Crippen LogP contribution in [0, 0.1) is 0 Å². The van der Waals surface area contributed by atoms with Crippen molar-refractivity contribution >= 4 is 13.3 Å². The number of hydrogen-bond acceptors (Lipinski definition) is 1. The number of hydrogen-bond donors (Lipinski definition) is 0. The predicted molar refractivity (Wildman–Crippen MR) is 46.5 cm³/mol. The van der Waals surface area contributed by atoms with Crippen LogP contribution in [0.3, 0.4) is 0 Å². The number of aromatic nitrogens is 1. The summed E-state index contributed by atoms with van der Waals surface area (Å²) in [6.45, 7) is 4.30. The summed E-state index contributed by atoms with van der Waals surface area (Å²) in [4.78, 5) is 4.28. The van der Waals surface area contributed by atoms with Crippen molar-refractivity contribution < 1.29 is 0 Å². The third-order valence-corrected chi connectivity index (χ3v) is 1.53. The molecule has 0 aliphatic heterocycles. The minimum Gasteiger partial charge on any atom is -0.262 e. The normalized spacial score (nSPS) is 10.3. The fourth-order valence-electron chi connectivity index (χ4n) is 0.821. The molecule has 0 unspecified atom stereocenters. The van der Waals surface area contributed by atoms with E-state index in [1.54, 1.807) is 0 Å². The van der Waals surface area contributed by atoms with Crippen LogP contribution in [-0.4, -0.2) is 12.8 Å². The third-order valence-electron chi connectivity index (χ3n) is 1.53. The van der Waals surface area contributed by atoms with Gasteiger partial charge in [-0.1, -0.05) is 25.4 Å². The highest BCUT2D eigenvalue weighted by molar-refractivity contribution is 6.31. The summed E-state index contributed by atoms with van der Waals surface area (Å²) in [5.41, 5.74) is 2.40. The molecule has 0 atom stereocenters. The second-order valence-electron chi connectivity index (χ2n) is 2.92. The number of nitrogens with zero attached hydrogens (tertiary/aromatic N) is 1. The highest BCUT2D eigenvalue weighted by atomic mass is 14.7. The zero-order chi connectivity index (χ0) is 7.56. The summed E-state index contributed by atoms with van der Waals surface area (Å²) in [6.07, 6.45) is 1.91. The van der Waals surface area contributed by atoms with Crippen molar-refractivity contribution in [2.75, 3.05) is 0 Å². The van der Waals surface area contributed by atoms with E-state index in [9.17, 15) is 0 Å². The van der Waals surface area contributed by atoms with Gasteiger partial charge in [0, 0.05) is 11.9 Å². The van der Waals surface area contributed by atoms with E-state index in [4.69, 9.17) is 0 Å². The molecule has 1 rings (SSSR count). The third kappa shape index (κ3) is 1.60. The maximum Gasteiger partial charge on any atom is 0.141 e. The topological polar surface area (TPSA) is 12.9 Å². The van der Waals surface area contributed by atoms with Gasteiger partial charge in [0.2, 0.25) is 0 Å². The van der Waals surface area contributed by atoms with Gasteiger partial charge in [-0.05, 0) is 12.0 Å². The van der Waals surface area contributed by atoms with E-state index < -0.39 is 0 Å². The molecule has 1 aromatic rings. The van der Waals surface area contributed by atoms with Gasteiger partial charge in [-0.2, -0.15) is 0 Å². The van der Waals surface area contributed by atoms with Gasteiger partial charge in [-0.25, -0.2) is 0 Å². The number of rotatable bonds is 1. The first-order valence-electron chi connectivity index (χ1n) is 3.62. The highest BCUT2D eigenvalue weighted by Crippen LogP contribution is 2.07. The first-order chi connectivity index (χ1) is 4.70. The number of pyridine rings is 1. The van der Waals surface area contributed by atoms with Crippen molar-refractivity contribution in [3.05, 3.63) is 24.0 Å². The van der Waals surface area contributed by atoms with Crippen molar-refractivity contribution in [3.63, 3.8) is 0 Å². The molecule has 0 amide bonds. The van der Waals surface area contributed by atoms with Gasteiger partial charge in [0.25, 0.3) is 0 Å². The molecule has 1 heterocycles. The summed E-state index contributed by atoms with van der Waals surface area (Å²) in [7, 11) is 2.05. The molecule has 0 spiro atoms. The molecule has 0 N–H and O–H groups in total. The van der Waals surface area contributed by atoms with Crippen molar-refractivity contribution in [1.82, 2.24) is 4.98 Å². The van der Waals surface area contributed by atoms with Gasteiger partial charge < -0.3 is 0 Å². The van der Waals surface area contributed by atoms with Gasteiger partial charge in [-0.15, -0.1) is 0 Å². The summed E-state index contributed by atoms with van der Waals surface area (Å²) < 4.78 is 0. The van der Waals surface area contributed by atoms with E-state index in [1.807, 2.05) is 6.20 Å². The van der Waals surface area contributed by atoms with Gasteiger partial charge >= 0.3 is 0 Å². The van der Waals surface area contributed by atoms with Crippen molar-refractivity contribution in [2.45, 2.75) is 19.8 Å². The van der Waals surface area contributed by atoms with E-state index in [0.29, 0.717) is 5.92 Å². The quantitative estimate of drug-likeness (QED) is 0.507. The fourth-order valence-corrected chi connectivity index (χ4v) is 0.821. The molecule has 10 heavy (non-hydrogen) atoms. The molecular formula is C8H12BN. The van der Waals surface area contributed by atoms with E-state index in [1.165, 1.54) is 11.2 Å². The monoisotopic (exact) mass is 133 g/mol. The highest BCUT2D eigenvalue weighted by Gasteiger charge is 1.97. The smallest absolute Gasteiger partial charge is 0.141 e. The van der Waals surface area contributed by atoms with Crippen LogP contribution in [0.4, 0.5) is 0 Å². The van der Waals surface area contributed by atoms with E-state index in [-0.39, 0.29) is 0 Å². The van der Waals surface area contributed by atoms with Crippen molar-refractivity contribution in [1.29, 1.82) is 0 Å². The summed E-state index contributed by atoms with van der Waals surface area (Å²) >= 11 is 0. The van der Waals surface area contributed by atoms with Crippen LogP contribution in [-0.2, 0) is 0 Å². The Kier molecular flexibility index (Phi) is 2.10. The van der Waals surface area contributed by atoms with Crippen LogP contribution in [0.2, 0.25) is 0 Å². The van der Waals surface area contributed by atoms with Crippen LogP contribution >= 0.6 is 0 Å². The SMILES string of the molecule is Bc1ccc(C(C)C)nc1. The average molecular weight is 133 g/mol. The minimum absolute atomic E-state index is 0.542. The van der Waals surface area contributed by atoms with Crippen molar-refractivity contribution in [2.24, 2.45) is 0 Å². The largest absolute Gasteiger partial charge is 0.262 e. The molecule has 0 aliphatic carbocycles. The molecular weight excluding hydrogens is 121 g/mol. The Morgan fingerprint density at radius 3 is 2.50 bits per heavy atom. The van der Waals surface area contributed by atoms with Gasteiger partial charge in [-0.3, -0.25) is 4.98 Å². The lowest BCUT2D eigenvalue weighted by Crippen LogP contribution is -2.04. The average Bonchev–Trinajstić information content (AvgIpc) is 1.88. The molecule has 0 bridgehead atoms. The second-order valence-corrected chi connectivity index (χ2v) is 2.92. The first kappa shape index (κ1) is 7.32. The summed E-state index contributed by atoms with van der Waals surface area (Å²) in [6, 6.07) is 4.18. The molecule has 0 saturated heterocycles. The predicted octanol–water partition coefficient (Wildman–Crippen LogP) is 0.463. The Labute approximate surface area is 62.9 Å². The standard InChI is InChI=1S/C8H12BN/c1-6(2)8-4-3-7(9)5-10-8/h3-6H,9H2,1-2H3. The summed E-state index contributed by atoms with van der Waals surface area (Å²) in [5.74, 6) is 0.542. The van der Waals surface area contributed by atoms with E-state index in [2.05, 4.69) is 38.8 Å². The van der Waals surface area contributed by atoms with Gasteiger partial charge in [0.1, 0.15) is 7.85 Å². The Balaban J connectivity index is 2.89. The van der Waals surface area contributed by atoms with Crippen LogP contribution in [0.5, 0.6) is 0 Å². The maximum atomic E-state index is 4.28. The lowest BCUT2D eigenvalue weighted by atomic mass is 9.97. The van der Waals surface area contributed by atoms with Crippen LogP contribution in [0.15, 0.2) is 18.3 Å². The Morgan fingerprint density at radius 1 is 1.40 bits per heavy atom. The zero-order valence-corrected chi connectivity index (χ0v) is 6.76. The Hall–Kier alpha value is -0.785. The zero-order valence-electron chi connectivity index (χ0n) is 6.76. The van der Waals surface area contributed by atoms with E-state index >= 15 is 0 Å². The second kappa shape index (κ2) is 2.87. The first-order valence-corrected chi connectivity index (χ1v) is 3.62.